The van der Waals surface area contributed by atoms with Crippen molar-refractivity contribution in [2.24, 2.45) is 0 Å². The fraction of sp³-hybridized carbons (Fsp3) is 0.462. The molecule has 0 N–H and O–H groups in total. The summed E-state index contributed by atoms with van der Waals surface area (Å²) >= 11 is 0. The zero-order valence-corrected chi connectivity index (χ0v) is 19.7. The van der Waals surface area contributed by atoms with Crippen LogP contribution in [0.5, 0.6) is 0 Å². The molecule has 0 unspecified atom stereocenters. The summed E-state index contributed by atoms with van der Waals surface area (Å²) in [6, 6.07) is 16.6. The molecule has 6 heteroatoms. The molecule has 6 nitrogen and oxygen atoms in total. The lowest BCUT2D eigenvalue weighted by atomic mass is 10.0. The van der Waals surface area contributed by atoms with Crippen LogP contribution in [0, 0.1) is 6.92 Å². The molecule has 0 saturated carbocycles. The molecule has 2 heterocycles. The fourth-order valence-electron chi connectivity index (χ4n) is 4.55. The van der Waals surface area contributed by atoms with Gasteiger partial charge in [0.1, 0.15) is 17.4 Å². The lowest BCUT2D eigenvalue weighted by Crippen LogP contribution is -2.47. The Hall–Kier alpha value is -2.86. The first-order valence-corrected chi connectivity index (χ1v) is 11.1. The van der Waals surface area contributed by atoms with Crippen LogP contribution in [0.4, 0.5) is 4.79 Å². The van der Waals surface area contributed by atoms with Crippen LogP contribution in [0.1, 0.15) is 63.4 Å². The van der Waals surface area contributed by atoms with Crippen LogP contribution in [-0.4, -0.2) is 45.8 Å². The summed E-state index contributed by atoms with van der Waals surface area (Å²) in [5.74, 6) is -0.125. The third kappa shape index (κ3) is 4.11. The van der Waals surface area contributed by atoms with Crippen molar-refractivity contribution in [1.82, 2.24) is 9.80 Å². The number of nitrogens with zero attached hydrogens (tertiary/aromatic N) is 2. The van der Waals surface area contributed by atoms with Crippen molar-refractivity contribution in [2.75, 3.05) is 6.61 Å². The molecule has 0 aliphatic carbocycles. The van der Waals surface area contributed by atoms with Crippen LogP contribution in [0.15, 0.2) is 54.6 Å². The molecule has 2 aromatic carbocycles. The Labute approximate surface area is 190 Å². The topological polar surface area (TPSA) is 58.9 Å². The molecule has 2 aliphatic rings. The van der Waals surface area contributed by atoms with E-state index in [1.165, 1.54) is 0 Å². The average Bonchev–Trinajstić information content (AvgIpc) is 3.37. The van der Waals surface area contributed by atoms with E-state index in [2.05, 4.69) is 0 Å². The second kappa shape index (κ2) is 7.93. The molecule has 0 bridgehead atoms. The van der Waals surface area contributed by atoms with Crippen molar-refractivity contribution in [3.8, 4) is 0 Å². The standard InChI is InChI=1S/C26H32N2O4/c1-17-12-10-11-15-19(17)21-22(27(21)24(30)32-25(2,3)4)23(29)28-20(16-31-26(28,5)6)18-13-8-7-9-14-18/h7-15,20-22H,16H2,1-6H3/t20-,21-,22+,27?/m0/s1. The summed E-state index contributed by atoms with van der Waals surface area (Å²) in [4.78, 5) is 30.4. The summed E-state index contributed by atoms with van der Waals surface area (Å²) in [5, 5.41) is 0. The predicted octanol–water partition coefficient (Wildman–Crippen LogP) is 4.99. The number of benzene rings is 2. The van der Waals surface area contributed by atoms with Gasteiger partial charge in [-0.1, -0.05) is 54.6 Å². The summed E-state index contributed by atoms with van der Waals surface area (Å²) in [7, 11) is 0. The van der Waals surface area contributed by atoms with Gasteiger partial charge in [-0.05, 0) is 58.2 Å². The highest BCUT2D eigenvalue weighted by molar-refractivity contribution is 5.93. The lowest BCUT2D eigenvalue weighted by Gasteiger charge is -2.34. The lowest BCUT2D eigenvalue weighted by molar-refractivity contribution is -0.146. The Balaban J connectivity index is 1.69. The molecule has 2 aliphatic heterocycles. The smallest absolute Gasteiger partial charge is 0.411 e. The number of ether oxygens (including phenoxy) is 2. The van der Waals surface area contributed by atoms with Gasteiger partial charge in [0.2, 0.25) is 0 Å². The van der Waals surface area contributed by atoms with E-state index in [-0.39, 0.29) is 18.0 Å². The Bertz CT molecular complexity index is 1010. The minimum absolute atomic E-state index is 0.125. The molecule has 2 amide bonds. The van der Waals surface area contributed by atoms with Gasteiger partial charge in [-0.3, -0.25) is 9.69 Å². The van der Waals surface area contributed by atoms with Crippen molar-refractivity contribution < 1.29 is 19.1 Å². The van der Waals surface area contributed by atoms with Gasteiger partial charge in [-0.15, -0.1) is 0 Å². The number of carbonyl (C=O) groups excluding carboxylic acids is 2. The molecule has 0 radical (unpaired) electrons. The third-order valence-electron chi connectivity index (χ3n) is 6.08. The highest BCUT2D eigenvalue weighted by Gasteiger charge is 2.62. The van der Waals surface area contributed by atoms with Crippen molar-refractivity contribution in [2.45, 2.75) is 71.0 Å². The summed E-state index contributed by atoms with van der Waals surface area (Å²) in [6.45, 7) is 11.7. The van der Waals surface area contributed by atoms with Crippen LogP contribution in [-0.2, 0) is 14.3 Å². The van der Waals surface area contributed by atoms with E-state index < -0.39 is 23.5 Å². The largest absolute Gasteiger partial charge is 0.444 e. The van der Waals surface area contributed by atoms with Gasteiger partial charge < -0.3 is 14.4 Å². The highest BCUT2D eigenvalue weighted by atomic mass is 16.6. The highest BCUT2D eigenvalue weighted by Crippen LogP contribution is 2.49. The number of carbonyl (C=O) groups is 2. The minimum Gasteiger partial charge on any atom is -0.444 e. The first-order valence-electron chi connectivity index (χ1n) is 11.1. The van der Waals surface area contributed by atoms with Gasteiger partial charge in [0.05, 0.1) is 18.7 Å². The van der Waals surface area contributed by atoms with Crippen LogP contribution >= 0.6 is 0 Å². The van der Waals surface area contributed by atoms with E-state index in [1.54, 1.807) is 9.80 Å². The molecule has 3 atom stereocenters. The molecule has 2 saturated heterocycles. The zero-order valence-electron chi connectivity index (χ0n) is 19.7. The van der Waals surface area contributed by atoms with E-state index in [4.69, 9.17) is 9.47 Å². The van der Waals surface area contributed by atoms with Gasteiger partial charge in [0, 0.05) is 0 Å². The van der Waals surface area contributed by atoms with Gasteiger partial charge in [0.15, 0.2) is 0 Å². The third-order valence-corrected chi connectivity index (χ3v) is 6.08. The number of hydrogen-bond donors (Lipinski definition) is 0. The zero-order chi connectivity index (χ0) is 23.3. The molecule has 32 heavy (non-hydrogen) atoms. The van der Waals surface area contributed by atoms with Gasteiger partial charge in [-0.25, -0.2) is 4.79 Å². The molecular weight excluding hydrogens is 404 g/mol. The first kappa shape index (κ1) is 22.3. The Morgan fingerprint density at radius 3 is 2.28 bits per heavy atom. The number of aryl methyl sites for hydroxylation is 1. The van der Waals surface area contributed by atoms with Crippen molar-refractivity contribution in [3.63, 3.8) is 0 Å². The molecule has 170 valence electrons. The number of hydrogen-bond acceptors (Lipinski definition) is 4. The Morgan fingerprint density at radius 2 is 1.66 bits per heavy atom. The molecule has 2 fully saturated rings. The number of rotatable bonds is 3. The SMILES string of the molecule is Cc1ccccc1[C@H]1[C@H](C(=O)N2[C@H](c3ccccc3)COC2(C)C)N1C(=O)OC(C)(C)C. The second-order valence-corrected chi connectivity index (χ2v) is 10.0. The van der Waals surface area contributed by atoms with Crippen LogP contribution in [0.3, 0.4) is 0 Å². The van der Waals surface area contributed by atoms with E-state index in [9.17, 15) is 9.59 Å². The monoisotopic (exact) mass is 436 g/mol. The van der Waals surface area contributed by atoms with E-state index >= 15 is 0 Å². The van der Waals surface area contributed by atoms with Crippen LogP contribution in [0.25, 0.3) is 0 Å². The molecule has 0 aromatic heterocycles. The molecular formula is C26H32N2O4. The first-order chi connectivity index (χ1) is 15.0. The molecule has 4 rings (SSSR count). The maximum absolute atomic E-state index is 14.0. The Morgan fingerprint density at radius 1 is 1.03 bits per heavy atom. The molecule has 0 spiro atoms. The minimum atomic E-state index is -0.782. The van der Waals surface area contributed by atoms with Gasteiger partial charge in [0.25, 0.3) is 5.91 Å². The quantitative estimate of drug-likeness (QED) is 0.636. The summed E-state index contributed by atoms with van der Waals surface area (Å²) < 4.78 is 11.7. The fourth-order valence-corrected chi connectivity index (χ4v) is 4.55. The second-order valence-electron chi connectivity index (χ2n) is 10.0. The van der Waals surface area contributed by atoms with E-state index in [1.807, 2.05) is 96.1 Å². The van der Waals surface area contributed by atoms with Crippen LogP contribution < -0.4 is 0 Å². The van der Waals surface area contributed by atoms with Crippen molar-refractivity contribution in [3.05, 3.63) is 71.3 Å². The predicted molar refractivity (Wildman–Crippen MR) is 122 cm³/mol. The van der Waals surface area contributed by atoms with E-state index in [0.29, 0.717) is 6.61 Å². The normalized spacial score (nSPS) is 24.4. The maximum Gasteiger partial charge on any atom is 0.411 e. The summed E-state index contributed by atoms with van der Waals surface area (Å²) in [5.41, 5.74) is 1.59. The van der Waals surface area contributed by atoms with Crippen LogP contribution in [0.2, 0.25) is 0 Å². The van der Waals surface area contributed by atoms with E-state index in [0.717, 1.165) is 16.7 Å². The van der Waals surface area contributed by atoms with Crippen molar-refractivity contribution >= 4 is 12.0 Å². The Kier molecular flexibility index (Phi) is 5.53. The molecule has 2 aromatic rings. The van der Waals surface area contributed by atoms with Crippen molar-refractivity contribution in [1.29, 1.82) is 0 Å². The average molecular weight is 437 g/mol. The van der Waals surface area contributed by atoms with Gasteiger partial charge in [-0.2, -0.15) is 0 Å². The summed E-state index contributed by atoms with van der Waals surface area (Å²) in [6.07, 6.45) is -0.474. The van der Waals surface area contributed by atoms with Gasteiger partial charge >= 0.3 is 6.09 Å². The number of amides is 2. The maximum atomic E-state index is 14.0.